The number of hydrogen-bond acceptors (Lipinski definition) is 3. The van der Waals surface area contributed by atoms with Gasteiger partial charge in [-0.3, -0.25) is 9.10 Å². The summed E-state index contributed by atoms with van der Waals surface area (Å²) in [6.07, 6.45) is -4.72. The van der Waals surface area contributed by atoms with Gasteiger partial charge >= 0.3 is 6.18 Å². The fourth-order valence-corrected chi connectivity index (χ4v) is 5.02. The van der Waals surface area contributed by atoms with Crippen LogP contribution in [0.4, 0.5) is 18.9 Å². The summed E-state index contributed by atoms with van der Waals surface area (Å²) in [5.74, 6) is -0.909. The molecule has 10 heteroatoms. The van der Waals surface area contributed by atoms with Gasteiger partial charge in [0.2, 0.25) is 5.91 Å². The van der Waals surface area contributed by atoms with Crippen LogP contribution < -0.4 is 10.0 Å². The van der Waals surface area contributed by atoms with Crippen molar-refractivity contribution in [3.05, 3.63) is 58.6 Å². The van der Waals surface area contributed by atoms with Crippen molar-refractivity contribution in [2.24, 2.45) is 5.73 Å². The van der Waals surface area contributed by atoms with Gasteiger partial charge in [-0.25, -0.2) is 8.42 Å². The first-order valence-corrected chi connectivity index (χ1v) is 9.13. The van der Waals surface area contributed by atoms with E-state index in [-0.39, 0.29) is 17.1 Å². The maximum Gasteiger partial charge on any atom is 0.416 e. The van der Waals surface area contributed by atoms with Crippen molar-refractivity contribution in [2.45, 2.75) is 23.5 Å². The van der Waals surface area contributed by atoms with Gasteiger partial charge in [-0.1, -0.05) is 29.8 Å². The van der Waals surface area contributed by atoms with Crippen molar-refractivity contribution in [1.82, 2.24) is 0 Å². The first-order valence-electron chi connectivity index (χ1n) is 7.32. The van der Waals surface area contributed by atoms with E-state index < -0.39 is 38.6 Å². The Morgan fingerprint density at radius 3 is 2.46 bits per heavy atom. The third-order valence-electron chi connectivity index (χ3n) is 4.05. The molecule has 3 rings (SSSR count). The van der Waals surface area contributed by atoms with E-state index in [4.69, 9.17) is 17.3 Å². The highest BCUT2D eigenvalue weighted by molar-refractivity contribution is 7.93. The number of alkyl halides is 3. The maximum absolute atomic E-state index is 13.1. The van der Waals surface area contributed by atoms with E-state index in [0.29, 0.717) is 17.7 Å². The second-order valence-electron chi connectivity index (χ2n) is 5.69. The minimum atomic E-state index is -4.75. The van der Waals surface area contributed by atoms with E-state index in [1.165, 1.54) is 6.07 Å². The molecular weight excluding hydrogens is 393 g/mol. The molecule has 2 aromatic rings. The first-order chi connectivity index (χ1) is 12.0. The van der Waals surface area contributed by atoms with Crippen LogP contribution in [0.15, 0.2) is 47.4 Å². The van der Waals surface area contributed by atoms with Crippen molar-refractivity contribution in [2.75, 3.05) is 4.31 Å². The molecule has 0 saturated heterocycles. The monoisotopic (exact) mass is 404 g/mol. The van der Waals surface area contributed by atoms with Gasteiger partial charge in [-0.15, -0.1) is 0 Å². The van der Waals surface area contributed by atoms with Crippen molar-refractivity contribution in [3.63, 3.8) is 0 Å². The molecule has 0 saturated carbocycles. The third-order valence-corrected chi connectivity index (χ3v) is 6.35. The average molecular weight is 405 g/mol. The molecule has 1 heterocycles. The number of fused-ring (bicyclic) bond motifs is 1. The molecule has 138 valence electrons. The molecule has 0 fully saturated rings. The zero-order chi connectivity index (χ0) is 19.3. The second-order valence-corrected chi connectivity index (χ2v) is 7.89. The standard InChI is InChI=1S/C16H12ClF3N2O3S/c17-11-6-5-10(16(18,19)20)8-14(11)26(24,25)22-12-4-2-1-3-9(12)7-13(22)15(21)23/h1-6,8,13H,7H2,(H2,21,23)/t13-/m0/s1. The molecule has 1 aliphatic rings. The van der Waals surface area contributed by atoms with E-state index in [2.05, 4.69) is 0 Å². The van der Waals surface area contributed by atoms with Crippen molar-refractivity contribution >= 4 is 33.2 Å². The van der Waals surface area contributed by atoms with Crippen LogP contribution in [-0.2, 0) is 27.4 Å². The largest absolute Gasteiger partial charge is 0.416 e. The topological polar surface area (TPSA) is 80.5 Å². The second kappa shape index (κ2) is 6.17. The summed E-state index contributed by atoms with van der Waals surface area (Å²) >= 11 is 5.87. The summed E-state index contributed by atoms with van der Waals surface area (Å²) in [7, 11) is -4.56. The van der Waals surface area contributed by atoms with Gasteiger partial charge in [-0.05, 0) is 29.8 Å². The van der Waals surface area contributed by atoms with Crippen LogP contribution in [0.3, 0.4) is 0 Å². The minimum absolute atomic E-state index is 0.0291. The van der Waals surface area contributed by atoms with Crippen LogP contribution in [0.2, 0.25) is 5.02 Å². The van der Waals surface area contributed by atoms with Gasteiger partial charge in [0.15, 0.2) is 0 Å². The molecule has 5 nitrogen and oxygen atoms in total. The number of carbonyl (C=O) groups excluding carboxylic acids is 1. The predicted octanol–water partition coefficient (Wildman–Crippen LogP) is 2.96. The lowest BCUT2D eigenvalue weighted by Crippen LogP contribution is -2.46. The highest BCUT2D eigenvalue weighted by Gasteiger charge is 2.43. The molecule has 1 atom stereocenters. The summed E-state index contributed by atoms with van der Waals surface area (Å²) in [6.45, 7) is 0. The zero-order valence-electron chi connectivity index (χ0n) is 13.0. The minimum Gasteiger partial charge on any atom is -0.368 e. The van der Waals surface area contributed by atoms with Crippen molar-refractivity contribution in [3.8, 4) is 0 Å². The number of anilines is 1. The number of hydrogen-bond donors (Lipinski definition) is 1. The fraction of sp³-hybridized carbons (Fsp3) is 0.188. The van der Waals surface area contributed by atoms with Gasteiger partial charge < -0.3 is 5.73 Å². The van der Waals surface area contributed by atoms with E-state index in [1.54, 1.807) is 18.2 Å². The Bertz CT molecular complexity index is 992. The summed E-state index contributed by atoms with van der Waals surface area (Å²) in [4.78, 5) is 11.0. The Balaban J connectivity index is 2.20. The van der Waals surface area contributed by atoms with Crippen LogP contribution in [-0.4, -0.2) is 20.4 Å². The molecule has 1 amide bonds. The Hall–Kier alpha value is -2.26. The molecule has 26 heavy (non-hydrogen) atoms. The number of sulfonamides is 1. The third kappa shape index (κ3) is 3.01. The number of halogens is 4. The van der Waals surface area contributed by atoms with Gasteiger partial charge in [0, 0.05) is 6.42 Å². The summed E-state index contributed by atoms with van der Waals surface area (Å²) in [5.41, 5.74) is 4.89. The molecule has 0 aliphatic carbocycles. The molecule has 2 aromatic carbocycles. The molecule has 1 aliphatic heterocycles. The lowest BCUT2D eigenvalue weighted by molar-refractivity contribution is -0.137. The highest BCUT2D eigenvalue weighted by Crippen LogP contribution is 2.40. The summed E-state index contributed by atoms with van der Waals surface area (Å²) < 4.78 is 65.8. The molecule has 2 N–H and O–H groups in total. The van der Waals surface area contributed by atoms with E-state index in [0.717, 1.165) is 10.4 Å². The maximum atomic E-state index is 13.1. The smallest absolute Gasteiger partial charge is 0.368 e. The van der Waals surface area contributed by atoms with Gasteiger partial charge in [0.1, 0.15) is 10.9 Å². The summed E-state index contributed by atoms with van der Waals surface area (Å²) in [6, 6.07) is 7.04. The van der Waals surface area contributed by atoms with E-state index >= 15 is 0 Å². The number of rotatable bonds is 3. The predicted molar refractivity (Wildman–Crippen MR) is 89.2 cm³/mol. The van der Waals surface area contributed by atoms with Gasteiger partial charge in [-0.2, -0.15) is 13.2 Å². The lowest BCUT2D eigenvalue weighted by atomic mass is 10.1. The van der Waals surface area contributed by atoms with Crippen molar-refractivity contribution < 1.29 is 26.4 Å². The van der Waals surface area contributed by atoms with Crippen LogP contribution in [0, 0.1) is 0 Å². The fourth-order valence-electron chi connectivity index (χ4n) is 2.85. The van der Waals surface area contributed by atoms with Gasteiger partial charge in [0.05, 0.1) is 16.3 Å². The number of primary amides is 1. The van der Waals surface area contributed by atoms with E-state index in [1.807, 2.05) is 0 Å². The molecule has 0 radical (unpaired) electrons. The van der Waals surface area contributed by atoms with Crippen LogP contribution >= 0.6 is 11.6 Å². The Morgan fingerprint density at radius 2 is 1.85 bits per heavy atom. The first kappa shape index (κ1) is 18.5. The Kier molecular flexibility index (Phi) is 4.40. The number of nitrogens with two attached hydrogens (primary N) is 1. The molecule has 0 spiro atoms. The van der Waals surface area contributed by atoms with Crippen LogP contribution in [0.25, 0.3) is 0 Å². The molecular formula is C16H12ClF3N2O3S. The lowest BCUT2D eigenvalue weighted by Gasteiger charge is -2.25. The number of amides is 1. The van der Waals surface area contributed by atoms with Gasteiger partial charge in [0.25, 0.3) is 10.0 Å². The number of nitrogens with zero attached hydrogens (tertiary/aromatic N) is 1. The average Bonchev–Trinajstić information content (AvgIpc) is 2.94. The zero-order valence-corrected chi connectivity index (χ0v) is 14.6. The molecule has 0 bridgehead atoms. The highest BCUT2D eigenvalue weighted by atomic mass is 35.5. The number of carbonyl (C=O) groups is 1. The Labute approximate surface area is 152 Å². The summed E-state index contributed by atoms with van der Waals surface area (Å²) in [5, 5.41) is -0.384. The number of para-hydroxylation sites is 1. The Morgan fingerprint density at radius 1 is 1.19 bits per heavy atom. The normalized spacial score (nSPS) is 17.2. The van der Waals surface area contributed by atoms with E-state index in [9.17, 15) is 26.4 Å². The quantitative estimate of drug-likeness (QED) is 0.854. The SMILES string of the molecule is NC(=O)[C@@H]1Cc2ccccc2N1S(=O)(=O)c1cc(C(F)(F)F)ccc1Cl. The van der Waals surface area contributed by atoms with Crippen molar-refractivity contribution in [1.29, 1.82) is 0 Å². The van der Waals surface area contributed by atoms with Crippen LogP contribution in [0.1, 0.15) is 11.1 Å². The molecule has 0 unspecified atom stereocenters. The number of benzene rings is 2. The molecule has 0 aromatic heterocycles. The van der Waals surface area contributed by atoms with Crippen LogP contribution in [0.5, 0.6) is 0 Å².